The lowest BCUT2D eigenvalue weighted by atomic mass is 10.1. The van der Waals surface area contributed by atoms with Gasteiger partial charge in [-0.15, -0.1) is 0 Å². The zero-order valence-electron chi connectivity index (χ0n) is 13.2. The van der Waals surface area contributed by atoms with E-state index in [0.29, 0.717) is 11.1 Å². The molecule has 4 nitrogen and oxygen atoms in total. The average Bonchev–Trinajstić information content (AvgIpc) is 2.41. The van der Waals surface area contributed by atoms with E-state index in [4.69, 9.17) is 17.3 Å². The third-order valence-corrected chi connectivity index (χ3v) is 3.52. The van der Waals surface area contributed by atoms with E-state index in [9.17, 15) is 4.79 Å². The zero-order valence-corrected chi connectivity index (χ0v) is 13.9. The molecule has 0 aromatic heterocycles. The Morgan fingerprint density at radius 3 is 2.71 bits per heavy atom. The van der Waals surface area contributed by atoms with Crippen molar-refractivity contribution in [1.29, 1.82) is 0 Å². The molecule has 0 bridgehead atoms. The highest BCUT2D eigenvalue weighted by atomic mass is 35.5. The van der Waals surface area contributed by atoms with Gasteiger partial charge in [0.05, 0.1) is 17.3 Å². The molecule has 1 aromatic carbocycles. The van der Waals surface area contributed by atoms with Crippen LogP contribution < -0.4 is 16.0 Å². The van der Waals surface area contributed by atoms with Crippen LogP contribution in [-0.4, -0.2) is 25.0 Å². The quantitative estimate of drug-likeness (QED) is 0.737. The smallest absolute Gasteiger partial charge is 0.236 e. The van der Waals surface area contributed by atoms with E-state index >= 15 is 0 Å². The monoisotopic (exact) mass is 311 g/mol. The lowest BCUT2D eigenvalue weighted by molar-refractivity contribution is -0.116. The second kappa shape index (κ2) is 8.90. The van der Waals surface area contributed by atoms with Crippen LogP contribution in [0.5, 0.6) is 0 Å². The molecule has 118 valence electrons. The van der Waals surface area contributed by atoms with Gasteiger partial charge in [-0.2, -0.15) is 0 Å². The van der Waals surface area contributed by atoms with Crippen molar-refractivity contribution in [3.8, 4) is 0 Å². The van der Waals surface area contributed by atoms with Crippen LogP contribution in [0.1, 0.15) is 39.2 Å². The summed E-state index contributed by atoms with van der Waals surface area (Å²) >= 11 is 6.38. The molecule has 0 aliphatic rings. The second-order valence-electron chi connectivity index (χ2n) is 5.52. The van der Waals surface area contributed by atoms with Crippen molar-refractivity contribution in [3.05, 3.63) is 28.8 Å². The van der Waals surface area contributed by atoms with Crippen molar-refractivity contribution in [2.75, 3.05) is 18.0 Å². The molecule has 1 aromatic rings. The molecule has 0 aliphatic carbocycles. The second-order valence-corrected chi connectivity index (χ2v) is 5.93. The van der Waals surface area contributed by atoms with Gasteiger partial charge in [-0.05, 0) is 18.1 Å². The number of hydrogen-bond acceptors (Lipinski definition) is 3. The molecule has 1 amide bonds. The van der Waals surface area contributed by atoms with Crippen LogP contribution in [0.3, 0.4) is 0 Å². The van der Waals surface area contributed by atoms with Crippen LogP contribution in [-0.2, 0) is 11.3 Å². The van der Waals surface area contributed by atoms with Crippen LogP contribution in [0.15, 0.2) is 18.2 Å². The third-order valence-electron chi connectivity index (χ3n) is 3.22. The van der Waals surface area contributed by atoms with Crippen molar-refractivity contribution >= 4 is 23.2 Å². The lowest BCUT2D eigenvalue weighted by Gasteiger charge is -2.27. The fourth-order valence-electron chi connectivity index (χ4n) is 2.18. The summed E-state index contributed by atoms with van der Waals surface area (Å²) < 4.78 is 0. The van der Waals surface area contributed by atoms with Crippen molar-refractivity contribution in [3.63, 3.8) is 0 Å². The predicted octanol–water partition coefficient (Wildman–Crippen LogP) is 2.93. The van der Waals surface area contributed by atoms with Gasteiger partial charge in [-0.25, -0.2) is 0 Å². The third kappa shape index (κ3) is 5.94. The molecule has 0 heterocycles. The van der Waals surface area contributed by atoms with Crippen LogP contribution in [0.2, 0.25) is 5.02 Å². The van der Waals surface area contributed by atoms with Crippen LogP contribution >= 0.6 is 11.6 Å². The summed E-state index contributed by atoms with van der Waals surface area (Å²) in [4.78, 5) is 13.3. The molecule has 21 heavy (non-hydrogen) atoms. The highest BCUT2D eigenvalue weighted by Crippen LogP contribution is 2.30. The minimum atomic E-state index is -0.339. The maximum atomic E-state index is 11.4. The van der Waals surface area contributed by atoms with E-state index in [-0.39, 0.29) is 12.5 Å². The molecule has 0 spiro atoms. The number of nitrogens with zero attached hydrogens (tertiary/aromatic N) is 1. The predicted molar refractivity (Wildman–Crippen MR) is 89.7 cm³/mol. The lowest BCUT2D eigenvalue weighted by Crippen LogP contribution is -2.36. The molecule has 5 heteroatoms. The number of rotatable bonds is 9. The molecule has 0 aliphatic heterocycles. The van der Waals surface area contributed by atoms with E-state index < -0.39 is 0 Å². The Labute approximate surface area is 132 Å². The van der Waals surface area contributed by atoms with Crippen LogP contribution in [0.25, 0.3) is 0 Å². The first-order valence-electron chi connectivity index (χ1n) is 7.49. The van der Waals surface area contributed by atoms with Gasteiger partial charge in [0.25, 0.3) is 0 Å². The number of nitrogens with two attached hydrogens (primary N) is 1. The number of hydrogen-bond donors (Lipinski definition) is 2. The normalized spacial score (nSPS) is 10.9. The summed E-state index contributed by atoms with van der Waals surface area (Å²) in [5, 5.41) is 4.05. The van der Waals surface area contributed by atoms with E-state index in [1.54, 1.807) is 0 Å². The zero-order chi connectivity index (χ0) is 15.8. The first kappa shape index (κ1) is 17.8. The fourth-order valence-corrected chi connectivity index (χ4v) is 2.49. The topological polar surface area (TPSA) is 58.4 Å². The SMILES string of the molecule is CCCCN(CC(N)=O)c1c(Cl)cccc1CNC(C)C. The van der Waals surface area contributed by atoms with Crippen LogP contribution in [0, 0.1) is 0 Å². The Bertz CT molecular complexity index is 463. The first-order chi connectivity index (χ1) is 9.95. The fraction of sp³-hybridized carbons (Fsp3) is 0.562. The van der Waals surface area contributed by atoms with Gasteiger partial charge in [0.15, 0.2) is 0 Å². The molecule has 0 radical (unpaired) electrons. The van der Waals surface area contributed by atoms with Crippen molar-refractivity contribution in [2.45, 2.75) is 46.2 Å². The molecule has 1 rings (SSSR count). The van der Waals surface area contributed by atoms with Gasteiger partial charge in [0.2, 0.25) is 5.91 Å². The van der Waals surface area contributed by atoms with Gasteiger partial charge in [0, 0.05) is 19.1 Å². The van der Waals surface area contributed by atoms with Crippen molar-refractivity contribution < 1.29 is 4.79 Å². The maximum Gasteiger partial charge on any atom is 0.236 e. The first-order valence-corrected chi connectivity index (χ1v) is 7.87. The van der Waals surface area contributed by atoms with Gasteiger partial charge in [-0.3, -0.25) is 4.79 Å². The number of unbranched alkanes of at least 4 members (excludes halogenated alkanes) is 1. The minimum Gasteiger partial charge on any atom is -0.368 e. The summed E-state index contributed by atoms with van der Waals surface area (Å²) in [6, 6.07) is 6.22. The van der Waals surface area contributed by atoms with Crippen molar-refractivity contribution in [1.82, 2.24) is 5.32 Å². The number of benzene rings is 1. The number of halogens is 1. The van der Waals surface area contributed by atoms with E-state index in [2.05, 4.69) is 26.1 Å². The van der Waals surface area contributed by atoms with Crippen LogP contribution in [0.4, 0.5) is 5.69 Å². The molecule has 0 saturated heterocycles. The molecular weight excluding hydrogens is 286 g/mol. The number of primary amides is 1. The average molecular weight is 312 g/mol. The number of amides is 1. The van der Waals surface area contributed by atoms with E-state index in [1.165, 1.54) is 0 Å². The minimum absolute atomic E-state index is 0.193. The Morgan fingerprint density at radius 2 is 2.14 bits per heavy atom. The van der Waals surface area contributed by atoms with Gasteiger partial charge < -0.3 is 16.0 Å². The number of carbonyl (C=O) groups excluding carboxylic acids is 1. The van der Waals surface area contributed by atoms with Gasteiger partial charge >= 0.3 is 0 Å². The standard InChI is InChI=1S/C16H26ClN3O/c1-4-5-9-20(11-15(18)21)16-13(10-19-12(2)3)7-6-8-14(16)17/h6-8,12,19H,4-5,9-11H2,1-3H3,(H2,18,21). The van der Waals surface area contributed by atoms with Gasteiger partial charge in [0.1, 0.15) is 0 Å². The number of nitrogens with one attached hydrogen (secondary N) is 1. The maximum absolute atomic E-state index is 11.4. The number of carbonyl (C=O) groups is 1. The van der Waals surface area contributed by atoms with E-state index in [0.717, 1.165) is 37.2 Å². The highest BCUT2D eigenvalue weighted by Gasteiger charge is 2.16. The van der Waals surface area contributed by atoms with E-state index in [1.807, 2.05) is 23.1 Å². The Balaban J connectivity index is 3.05. The molecule has 3 N–H and O–H groups in total. The number of para-hydroxylation sites is 1. The Kier molecular flexibility index (Phi) is 7.54. The molecule has 0 fully saturated rings. The summed E-state index contributed by atoms with van der Waals surface area (Å²) in [5.74, 6) is -0.339. The highest BCUT2D eigenvalue weighted by molar-refractivity contribution is 6.33. The summed E-state index contributed by atoms with van der Waals surface area (Å²) in [6.07, 6.45) is 2.05. The molecule has 0 unspecified atom stereocenters. The van der Waals surface area contributed by atoms with Gasteiger partial charge in [-0.1, -0.05) is 50.9 Å². The number of anilines is 1. The van der Waals surface area contributed by atoms with Crippen molar-refractivity contribution in [2.24, 2.45) is 5.73 Å². The summed E-state index contributed by atoms with van der Waals surface area (Å²) in [7, 11) is 0. The Morgan fingerprint density at radius 1 is 1.43 bits per heavy atom. The Hall–Kier alpha value is -1.26. The summed E-state index contributed by atoms with van der Waals surface area (Å²) in [6.45, 7) is 8.01. The summed E-state index contributed by atoms with van der Waals surface area (Å²) in [5.41, 5.74) is 7.39. The largest absolute Gasteiger partial charge is 0.368 e. The molecule has 0 atom stereocenters. The molecular formula is C16H26ClN3O. The molecule has 0 saturated carbocycles.